The van der Waals surface area contributed by atoms with E-state index in [0.717, 1.165) is 30.6 Å². The van der Waals surface area contributed by atoms with E-state index in [4.69, 9.17) is 0 Å². The van der Waals surface area contributed by atoms with Crippen molar-refractivity contribution in [3.05, 3.63) is 57.3 Å². The Kier molecular flexibility index (Phi) is 4.94. The van der Waals surface area contributed by atoms with Gasteiger partial charge < -0.3 is 5.32 Å². The van der Waals surface area contributed by atoms with Gasteiger partial charge in [0.15, 0.2) is 0 Å². The number of benzene rings is 1. The van der Waals surface area contributed by atoms with Gasteiger partial charge in [0.2, 0.25) is 0 Å². The van der Waals surface area contributed by atoms with Gasteiger partial charge in [-0.3, -0.25) is 4.79 Å². The van der Waals surface area contributed by atoms with Crippen LogP contribution in [0.25, 0.3) is 0 Å². The van der Waals surface area contributed by atoms with Crippen LogP contribution in [0.3, 0.4) is 0 Å². The van der Waals surface area contributed by atoms with Crippen molar-refractivity contribution in [2.24, 2.45) is 0 Å². The van der Waals surface area contributed by atoms with E-state index in [2.05, 4.69) is 42.6 Å². The summed E-state index contributed by atoms with van der Waals surface area (Å²) in [6, 6.07) is 12.8. The van der Waals surface area contributed by atoms with E-state index in [-0.39, 0.29) is 11.9 Å². The molecule has 0 saturated heterocycles. The highest BCUT2D eigenvalue weighted by Crippen LogP contribution is 2.29. The van der Waals surface area contributed by atoms with Crippen LogP contribution in [0.15, 0.2) is 36.4 Å². The van der Waals surface area contributed by atoms with Crippen molar-refractivity contribution in [2.45, 2.75) is 51.5 Å². The Labute approximate surface area is 136 Å². The number of nitrogens with one attached hydrogen (secondary N) is 1. The van der Waals surface area contributed by atoms with Crippen LogP contribution in [-0.2, 0) is 19.3 Å². The monoisotopic (exact) mass is 313 g/mol. The van der Waals surface area contributed by atoms with E-state index in [1.165, 1.54) is 28.8 Å². The van der Waals surface area contributed by atoms with Gasteiger partial charge in [-0.05, 0) is 62.6 Å². The molecule has 0 unspecified atom stereocenters. The number of aryl methyl sites for hydroxylation is 3. The Morgan fingerprint density at radius 1 is 1.23 bits per heavy atom. The fourth-order valence-electron chi connectivity index (χ4n) is 3.00. The van der Waals surface area contributed by atoms with Crippen molar-refractivity contribution in [1.82, 2.24) is 5.32 Å². The third kappa shape index (κ3) is 3.77. The molecule has 1 aliphatic rings. The molecule has 2 nitrogen and oxygen atoms in total. The summed E-state index contributed by atoms with van der Waals surface area (Å²) in [5.41, 5.74) is 2.73. The van der Waals surface area contributed by atoms with Crippen LogP contribution in [0.5, 0.6) is 0 Å². The van der Waals surface area contributed by atoms with E-state index in [0.29, 0.717) is 0 Å². The zero-order chi connectivity index (χ0) is 15.4. The summed E-state index contributed by atoms with van der Waals surface area (Å²) >= 11 is 1.69. The van der Waals surface area contributed by atoms with Crippen LogP contribution in [0, 0.1) is 0 Å². The van der Waals surface area contributed by atoms with Gasteiger partial charge in [-0.2, -0.15) is 0 Å². The number of carbonyl (C=O) groups is 1. The molecule has 1 aromatic heterocycles. The van der Waals surface area contributed by atoms with E-state index < -0.39 is 0 Å². The maximum absolute atomic E-state index is 12.4. The van der Waals surface area contributed by atoms with Crippen LogP contribution in [-0.4, -0.2) is 11.9 Å². The van der Waals surface area contributed by atoms with Crippen molar-refractivity contribution in [2.75, 3.05) is 0 Å². The van der Waals surface area contributed by atoms with Crippen molar-refractivity contribution in [3.8, 4) is 0 Å². The topological polar surface area (TPSA) is 29.1 Å². The van der Waals surface area contributed by atoms with E-state index in [1.807, 2.05) is 6.07 Å². The van der Waals surface area contributed by atoms with Crippen LogP contribution in [0.4, 0.5) is 0 Å². The average Bonchev–Trinajstić information content (AvgIpc) is 2.98. The molecular formula is C19H23NOS. The predicted molar refractivity (Wildman–Crippen MR) is 92.7 cm³/mol. The smallest absolute Gasteiger partial charge is 0.261 e. The van der Waals surface area contributed by atoms with E-state index in [9.17, 15) is 4.79 Å². The van der Waals surface area contributed by atoms with Gasteiger partial charge in [-0.15, -0.1) is 11.3 Å². The van der Waals surface area contributed by atoms with Gasteiger partial charge in [-0.1, -0.05) is 30.3 Å². The van der Waals surface area contributed by atoms with Gasteiger partial charge in [0.1, 0.15) is 0 Å². The number of fused-ring (bicyclic) bond motifs is 1. The molecule has 1 aromatic carbocycles. The second-order valence-electron chi connectivity index (χ2n) is 6.16. The standard InChI is InChI=1S/C19H23NOS/c1-14(11-12-15-7-3-2-4-8-15)20-19(21)18-13-16-9-5-6-10-17(16)22-18/h2-4,7-8,13-14H,5-6,9-12H2,1H3,(H,20,21)/t14-/m1/s1. The minimum Gasteiger partial charge on any atom is -0.349 e. The number of hydrogen-bond acceptors (Lipinski definition) is 2. The Morgan fingerprint density at radius 2 is 2.00 bits per heavy atom. The first-order valence-corrected chi connectivity index (χ1v) is 9.00. The summed E-state index contributed by atoms with van der Waals surface area (Å²) in [6.45, 7) is 2.09. The Morgan fingerprint density at radius 3 is 2.77 bits per heavy atom. The number of thiophene rings is 1. The van der Waals surface area contributed by atoms with Gasteiger partial charge in [0.25, 0.3) is 5.91 Å². The quantitative estimate of drug-likeness (QED) is 0.872. The molecule has 3 heteroatoms. The molecule has 0 spiro atoms. The third-order valence-electron chi connectivity index (χ3n) is 4.31. The first-order chi connectivity index (χ1) is 10.7. The zero-order valence-electron chi connectivity index (χ0n) is 13.1. The molecule has 1 amide bonds. The predicted octanol–water partition coefficient (Wildman–Crippen LogP) is 4.38. The summed E-state index contributed by atoms with van der Waals surface area (Å²) in [5.74, 6) is 0.0972. The molecule has 0 radical (unpaired) electrons. The van der Waals surface area contributed by atoms with Crippen LogP contribution < -0.4 is 5.32 Å². The molecule has 22 heavy (non-hydrogen) atoms. The molecule has 3 rings (SSSR count). The second-order valence-corrected chi connectivity index (χ2v) is 7.30. The second kappa shape index (κ2) is 7.10. The molecule has 1 aliphatic carbocycles. The lowest BCUT2D eigenvalue weighted by Gasteiger charge is -2.13. The van der Waals surface area contributed by atoms with Gasteiger partial charge in [0.05, 0.1) is 4.88 Å². The maximum Gasteiger partial charge on any atom is 0.261 e. The maximum atomic E-state index is 12.4. The average molecular weight is 313 g/mol. The Balaban J connectivity index is 1.53. The molecule has 2 aromatic rings. The van der Waals surface area contributed by atoms with Crippen molar-refractivity contribution in [1.29, 1.82) is 0 Å². The fraction of sp³-hybridized carbons (Fsp3) is 0.421. The summed E-state index contributed by atoms with van der Waals surface area (Å²) < 4.78 is 0. The molecule has 1 heterocycles. The SMILES string of the molecule is C[C@H](CCc1ccccc1)NC(=O)c1cc2c(s1)CCCC2. The third-order valence-corrected chi connectivity index (χ3v) is 5.54. The number of amides is 1. The van der Waals surface area contributed by atoms with E-state index in [1.54, 1.807) is 11.3 Å². The summed E-state index contributed by atoms with van der Waals surface area (Å²) in [7, 11) is 0. The highest BCUT2D eigenvalue weighted by atomic mass is 32.1. The van der Waals surface area contributed by atoms with Crippen molar-refractivity contribution >= 4 is 17.2 Å². The van der Waals surface area contributed by atoms with E-state index >= 15 is 0 Å². The molecule has 1 atom stereocenters. The summed E-state index contributed by atoms with van der Waals surface area (Å²) in [6.07, 6.45) is 6.80. The van der Waals surface area contributed by atoms with Crippen molar-refractivity contribution in [3.63, 3.8) is 0 Å². The summed E-state index contributed by atoms with van der Waals surface area (Å²) in [4.78, 5) is 14.7. The summed E-state index contributed by atoms with van der Waals surface area (Å²) in [5, 5.41) is 3.15. The van der Waals surface area contributed by atoms with Gasteiger partial charge >= 0.3 is 0 Å². The van der Waals surface area contributed by atoms with Crippen LogP contribution >= 0.6 is 11.3 Å². The van der Waals surface area contributed by atoms with Crippen LogP contribution in [0.1, 0.15) is 51.9 Å². The molecule has 0 aliphatic heterocycles. The zero-order valence-corrected chi connectivity index (χ0v) is 13.9. The first-order valence-electron chi connectivity index (χ1n) is 8.19. The number of hydrogen-bond donors (Lipinski definition) is 1. The molecule has 116 valence electrons. The lowest BCUT2D eigenvalue weighted by atomic mass is 9.99. The Bertz CT molecular complexity index is 609. The van der Waals surface area contributed by atoms with Gasteiger partial charge in [0, 0.05) is 10.9 Å². The minimum atomic E-state index is 0.0972. The largest absolute Gasteiger partial charge is 0.349 e. The molecule has 0 bridgehead atoms. The fourth-order valence-corrected chi connectivity index (χ4v) is 4.15. The first kappa shape index (κ1) is 15.3. The van der Waals surface area contributed by atoms with Crippen LogP contribution in [0.2, 0.25) is 0 Å². The van der Waals surface area contributed by atoms with Gasteiger partial charge in [-0.25, -0.2) is 0 Å². The molecule has 0 saturated carbocycles. The number of rotatable bonds is 5. The lowest BCUT2D eigenvalue weighted by Crippen LogP contribution is -2.32. The molecular weight excluding hydrogens is 290 g/mol. The normalized spacial score (nSPS) is 15.1. The minimum absolute atomic E-state index is 0.0972. The molecule has 1 N–H and O–H groups in total. The Hall–Kier alpha value is -1.61. The highest BCUT2D eigenvalue weighted by Gasteiger charge is 2.18. The molecule has 0 fully saturated rings. The number of carbonyl (C=O) groups excluding carboxylic acids is 1. The lowest BCUT2D eigenvalue weighted by molar-refractivity contribution is 0.0942. The highest BCUT2D eigenvalue weighted by molar-refractivity contribution is 7.14. The van der Waals surface area contributed by atoms with Crippen molar-refractivity contribution < 1.29 is 4.79 Å².